The molecule has 3 fully saturated rings. The van der Waals surface area contributed by atoms with Crippen LogP contribution in [0.25, 0.3) is 0 Å². The largest absolute Gasteiger partial charge is 0.300 e. The second kappa shape index (κ2) is 4.47. The molecule has 0 heterocycles. The first-order chi connectivity index (χ1) is 8.62. The number of carbonyl (C=O) groups is 2. The third-order valence-corrected chi connectivity index (χ3v) is 6.11. The van der Waals surface area contributed by atoms with Gasteiger partial charge in [-0.3, -0.25) is 9.59 Å². The molecule has 0 aromatic carbocycles. The minimum atomic E-state index is 0.476. The average molecular weight is 248 g/mol. The van der Waals surface area contributed by atoms with Gasteiger partial charge in [0.05, 0.1) is 0 Å². The molecular weight excluding hydrogens is 224 g/mol. The van der Waals surface area contributed by atoms with Crippen LogP contribution in [0.3, 0.4) is 0 Å². The van der Waals surface area contributed by atoms with Crippen molar-refractivity contribution >= 4 is 11.6 Å². The van der Waals surface area contributed by atoms with E-state index < -0.39 is 0 Å². The van der Waals surface area contributed by atoms with Gasteiger partial charge in [0.15, 0.2) is 0 Å². The van der Waals surface area contributed by atoms with Gasteiger partial charge in [0.2, 0.25) is 0 Å². The van der Waals surface area contributed by atoms with E-state index in [9.17, 15) is 9.59 Å². The maximum Gasteiger partial charge on any atom is 0.132 e. The standard InChI is InChI=1S/C16H24O2/c17-13-1-5-15(6-2-13)9-11-16(12-10-15)7-3-14(18)4-8-16/h1-12H2. The molecule has 0 aliphatic heterocycles. The predicted octanol–water partition coefficient (Wildman–Crippen LogP) is 3.82. The van der Waals surface area contributed by atoms with Crippen LogP contribution in [-0.2, 0) is 9.59 Å². The lowest BCUT2D eigenvalue weighted by molar-refractivity contribution is -0.126. The fourth-order valence-electron chi connectivity index (χ4n) is 4.43. The van der Waals surface area contributed by atoms with Crippen molar-refractivity contribution in [1.82, 2.24) is 0 Å². The second-order valence-corrected chi connectivity index (χ2v) is 7.08. The molecule has 2 nitrogen and oxygen atoms in total. The molecule has 18 heavy (non-hydrogen) atoms. The number of hydrogen-bond donors (Lipinski definition) is 0. The van der Waals surface area contributed by atoms with Crippen LogP contribution in [0.1, 0.15) is 77.0 Å². The van der Waals surface area contributed by atoms with Crippen molar-refractivity contribution < 1.29 is 9.59 Å². The fourth-order valence-corrected chi connectivity index (χ4v) is 4.43. The summed E-state index contributed by atoms with van der Waals surface area (Å²) in [5.74, 6) is 0.952. The van der Waals surface area contributed by atoms with E-state index in [1.54, 1.807) is 0 Å². The maximum atomic E-state index is 11.4. The Bertz CT molecular complexity index is 301. The van der Waals surface area contributed by atoms with Crippen molar-refractivity contribution in [2.45, 2.75) is 77.0 Å². The molecule has 0 atom stereocenters. The second-order valence-electron chi connectivity index (χ2n) is 7.08. The van der Waals surface area contributed by atoms with E-state index in [-0.39, 0.29) is 0 Å². The van der Waals surface area contributed by atoms with Gasteiger partial charge in [-0.2, -0.15) is 0 Å². The SMILES string of the molecule is O=C1CCC2(CC1)CCC1(CCC(=O)CC1)CC2. The topological polar surface area (TPSA) is 34.1 Å². The quantitative estimate of drug-likeness (QED) is 0.653. The Labute approximate surface area is 110 Å². The zero-order valence-electron chi connectivity index (χ0n) is 11.3. The van der Waals surface area contributed by atoms with E-state index in [1.165, 1.54) is 25.7 Å². The molecule has 2 spiro atoms. The van der Waals surface area contributed by atoms with Crippen LogP contribution in [-0.4, -0.2) is 11.6 Å². The van der Waals surface area contributed by atoms with Crippen LogP contribution in [0.15, 0.2) is 0 Å². The summed E-state index contributed by atoms with van der Waals surface area (Å²) in [6.45, 7) is 0. The van der Waals surface area contributed by atoms with Gasteiger partial charge in [0.25, 0.3) is 0 Å². The predicted molar refractivity (Wildman–Crippen MR) is 70.3 cm³/mol. The van der Waals surface area contributed by atoms with Gasteiger partial charge < -0.3 is 0 Å². The van der Waals surface area contributed by atoms with E-state index in [1.807, 2.05) is 0 Å². The van der Waals surface area contributed by atoms with Gasteiger partial charge in [-0.05, 0) is 62.2 Å². The summed E-state index contributed by atoms with van der Waals surface area (Å²) >= 11 is 0. The van der Waals surface area contributed by atoms with Crippen molar-refractivity contribution in [3.8, 4) is 0 Å². The average Bonchev–Trinajstić information content (AvgIpc) is 2.41. The van der Waals surface area contributed by atoms with Crippen molar-refractivity contribution in [2.24, 2.45) is 10.8 Å². The van der Waals surface area contributed by atoms with Gasteiger partial charge in [-0.15, -0.1) is 0 Å². The molecule has 0 unspecified atom stereocenters. The van der Waals surface area contributed by atoms with E-state index in [0.29, 0.717) is 22.4 Å². The fraction of sp³-hybridized carbons (Fsp3) is 0.875. The molecule has 0 aromatic rings. The van der Waals surface area contributed by atoms with Gasteiger partial charge in [0, 0.05) is 25.7 Å². The molecule has 0 saturated heterocycles. The van der Waals surface area contributed by atoms with E-state index in [4.69, 9.17) is 0 Å². The summed E-state index contributed by atoms with van der Waals surface area (Å²) in [6, 6.07) is 0. The summed E-state index contributed by atoms with van der Waals surface area (Å²) < 4.78 is 0. The van der Waals surface area contributed by atoms with Crippen LogP contribution in [0.4, 0.5) is 0 Å². The monoisotopic (exact) mass is 248 g/mol. The highest BCUT2D eigenvalue weighted by atomic mass is 16.1. The number of hydrogen-bond acceptors (Lipinski definition) is 2. The Kier molecular flexibility index (Phi) is 3.07. The Morgan fingerprint density at radius 2 is 0.778 bits per heavy atom. The van der Waals surface area contributed by atoms with Gasteiger partial charge in [-0.1, -0.05) is 0 Å². The summed E-state index contributed by atoms with van der Waals surface area (Å²) in [5.41, 5.74) is 1.00. The molecule has 0 N–H and O–H groups in total. The Morgan fingerprint density at radius 1 is 0.500 bits per heavy atom. The van der Waals surface area contributed by atoms with Crippen LogP contribution in [0.5, 0.6) is 0 Å². The number of carbonyl (C=O) groups excluding carboxylic acids is 2. The molecule has 0 aromatic heterocycles. The van der Waals surface area contributed by atoms with Gasteiger partial charge in [0.1, 0.15) is 11.6 Å². The molecule has 2 heteroatoms. The molecule has 3 aliphatic rings. The highest BCUT2D eigenvalue weighted by molar-refractivity contribution is 5.79. The molecule has 0 amide bonds. The molecule has 0 bridgehead atoms. The van der Waals surface area contributed by atoms with Gasteiger partial charge >= 0.3 is 0 Å². The minimum absolute atomic E-state index is 0.476. The number of ketones is 2. The zero-order valence-corrected chi connectivity index (χ0v) is 11.3. The molecule has 3 aliphatic carbocycles. The molecule has 100 valence electrons. The first kappa shape index (κ1) is 12.4. The third-order valence-electron chi connectivity index (χ3n) is 6.11. The summed E-state index contributed by atoms with van der Waals surface area (Å²) in [5, 5.41) is 0. The summed E-state index contributed by atoms with van der Waals surface area (Å²) in [4.78, 5) is 22.8. The normalized spacial score (nSPS) is 30.9. The summed E-state index contributed by atoms with van der Waals surface area (Å²) in [7, 11) is 0. The first-order valence-corrected chi connectivity index (χ1v) is 7.65. The minimum Gasteiger partial charge on any atom is -0.300 e. The lowest BCUT2D eigenvalue weighted by Crippen LogP contribution is -2.39. The van der Waals surface area contributed by atoms with Crippen LogP contribution in [0, 0.1) is 10.8 Å². The molecular formula is C16H24O2. The Balaban J connectivity index is 1.61. The Morgan fingerprint density at radius 3 is 1.06 bits per heavy atom. The number of Topliss-reactive ketones (excluding diaryl/α,β-unsaturated/α-hetero) is 2. The van der Waals surface area contributed by atoms with Gasteiger partial charge in [-0.25, -0.2) is 0 Å². The van der Waals surface area contributed by atoms with E-state index >= 15 is 0 Å². The number of rotatable bonds is 0. The van der Waals surface area contributed by atoms with Crippen LogP contribution in [0.2, 0.25) is 0 Å². The van der Waals surface area contributed by atoms with Crippen LogP contribution < -0.4 is 0 Å². The van der Waals surface area contributed by atoms with E-state index in [2.05, 4.69) is 0 Å². The molecule has 3 saturated carbocycles. The lowest BCUT2D eigenvalue weighted by atomic mass is 9.55. The maximum absolute atomic E-state index is 11.4. The highest BCUT2D eigenvalue weighted by Crippen LogP contribution is 2.56. The Hall–Kier alpha value is -0.660. The lowest BCUT2D eigenvalue weighted by Gasteiger charge is -2.49. The van der Waals surface area contributed by atoms with E-state index in [0.717, 1.165) is 51.4 Å². The zero-order chi connectivity index (χ0) is 12.6. The van der Waals surface area contributed by atoms with Crippen molar-refractivity contribution in [3.63, 3.8) is 0 Å². The highest BCUT2D eigenvalue weighted by Gasteiger charge is 2.44. The van der Waals surface area contributed by atoms with Crippen LogP contribution >= 0.6 is 0 Å². The smallest absolute Gasteiger partial charge is 0.132 e. The first-order valence-electron chi connectivity index (χ1n) is 7.65. The molecule has 3 rings (SSSR count). The summed E-state index contributed by atoms with van der Waals surface area (Å²) in [6.07, 6.45) is 13.1. The van der Waals surface area contributed by atoms with Crippen molar-refractivity contribution in [3.05, 3.63) is 0 Å². The molecule has 0 radical (unpaired) electrons. The van der Waals surface area contributed by atoms with Crippen molar-refractivity contribution in [2.75, 3.05) is 0 Å². The van der Waals surface area contributed by atoms with Crippen molar-refractivity contribution in [1.29, 1.82) is 0 Å². The third kappa shape index (κ3) is 2.26.